The Morgan fingerprint density at radius 1 is 1.15 bits per heavy atom. The molecule has 0 heterocycles. The minimum absolute atomic E-state index is 0.0142. The molecule has 0 amide bonds. The normalized spacial score (nSPS) is 11.3. The first-order valence-electron chi connectivity index (χ1n) is 5.73. The van der Waals surface area contributed by atoms with Crippen LogP contribution in [0.1, 0.15) is 5.56 Å². The van der Waals surface area contributed by atoms with E-state index >= 15 is 0 Å². The van der Waals surface area contributed by atoms with Gasteiger partial charge in [-0.05, 0) is 42.8 Å². The number of primary sulfonamides is 1. The molecular formula is C13H14BrN3O2S. The molecule has 0 atom stereocenters. The lowest BCUT2D eigenvalue weighted by molar-refractivity contribution is 0.598. The molecule has 20 heavy (non-hydrogen) atoms. The summed E-state index contributed by atoms with van der Waals surface area (Å²) in [4.78, 5) is 0.0142. The summed E-state index contributed by atoms with van der Waals surface area (Å²) < 4.78 is 23.6. The van der Waals surface area contributed by atoms with Gasteiger partial charge in [0.25, 0.3) is 0 Å². The Kier molecular flexibility index (Phi) is 4.03. The average Bonchev–Trinajstić information content (AvgIpc) is 2.35. The van der Waals surface area contributed by atoms with Gasteiger partial charge in [0.15, 0.2) is 0 Å². The van der Waals surface area contributed by atoms with Crippen molar-refractivity contribution in [2.24, 2.45) is 5.14 Å². The fraction of sp³-hybridized carbons (Fsp3) is 0.0769. The SMILES string of the molecule is Cc1ccc(Nc2cc(S(N)(=O)=O)ccc2N)cc1Br. The zero-order valence-electron chi connectivity index (χ0n) is 10.7. The molecule has 0 aliphatic carbocycles. The molecule has 0 aliphatic rings. The summed E-state index contributed by atoms with van der Waals surface area (Å²) in [5.74, 6) is 0. The van der Waals surface area contributed by atoms with E-state index in [1.807, 2.05) is 25.1 Å². The molecule has 2 aromatic carbocycles. The van der Waals surface area contributed by atoms with Crippen LogP contribution in [0, 0.1) is 6.92 Å². The molecule has 0 aromatic heterocycles. The molecule has 0 spiro atoms. The highest BCUT2D eigenvalue weighted by atomic mass is 79.9. The maximum atomic E-state index is 11.3. The molecule has 2 aromatic rings. The Bertz CT molecular complexity index is 760. The Balaban J connectivity index is 2.40. The summed E-state index contributed by atoms with van der Waals surface area (Å²) in [5.41, 5.74) is 8.66. The highest BCUT2D eigenvalue weighted by molar-refractivity contribution is 9.10. The number of nitrogens with two attached hydrogens (primary N) is 2. The van der Waals surface area contributed by atoms with Crippen molar-refractivity contribution in [2.45, 2.75) is 11.8 Å². The second-order valence-electron chi connectivity index (χ2n) is 4.38. The van der Waals surface area contributed by atoms with Gasteiger partial charge in [0.05, 0.1) is 16.3 Å². The topological polar surface area (TPSA) is 98.2 Å². The van der Waals surface area contributed by atoms with Crippen LogP contribution in [0.15, 0.2) is 45.8 Å². The van der Waals surface area contributed by atoms with Gasteiger partial charge in [0.1, 0.15) is 0 Å². The Hall–Kier alpha value is -1.57. The van der Waals surface area contributed by atoms with E-state index in [0.717, 1.165) is 15.7 Å². The highest BCUT2D eigenvalue weighted by Crippen LogP contribution is 2.28. The first kappa shape index (κ1) is 14.8. The first-order valence-corrected chi connectivity index (χ1v) is 8.07. The molecule has 5 nitrogen and oxygen atoms in total. The Morgan fingerprint density at radius 3 is 2.45 bits per heavy atom. The van der Waals surface area contributed by atoms with E-state index in [9.17, 15) is 8.42 Å². The maximum Gasteiger partial charge on any atom is 0.238 e. The molecule has 0 saturated heterocycles. The fourth-order valence-electron chi connectivity index (χ4n) is 1.65. The van der Waals surface area contributed by atoms with Crippen LogP contribution in [0.2, 0.25) is 0 Å². The Labute approximate surface area is 126 Å². The fourth-order valence-corrected chi connectivity index (χ4v) is 2.57. The van der Waals surface area contributed by atoms with Gasteiger partial charge in [-0.3, -0.25) is 0 Å². The van der Waals surface area contributed by atoms with Crippen LogP contribution in [-0.4, -0.2) is 8.42 Å². The van der Waals surface area contributed by atoms with Crippen molar-refractivity contribution in [3.63, 3.8) is 0 Å². The zero-order valence-corrected chi connectivity index (χ0v) is 13.1. The number of halogens is 1. The van der Waals surface area contributed by atoms with Gasteiger partial charge in [-0.25, -0.2) is 13.6 Å². The van der Waals surface area contributed by atoms with E-state index in [0.29, 0.717) is 11.4 Å². The molecule has 0 radical (unpaired) electrons. The van der Waals surface area contributed by atoms with Crippen LogP contribution in [-0.2, 0) is 10.0 Å². The van der Waals surface area contributed by atoms with Crippen molar-refractivity contribution in [1.29, 1.82) is 0 Å². The summed E-state index contributed by atoms with van der Waals surface area (Å²) in [6.07, 6.45) is 0. The third-order valence-electron chi connectivity index (χ3n) is 2.80. The number of anilines is 3. The lowest BCUT2D eigenvalue weighted by Gasteiger charge is -2.11. The predicted molar refractivity (Wildman–Crippen MR) is 84.4 cm³/mol. The average molecular weight is 356 g/mol. The molecule has 2 rings (SSSR count). The lowest BCUT2D eigenvalue weighted by atomic mass is 10.2. The van der Waals surface area contributed by atoms with E-state index in [4.69, 9.17) is 10.9 Å². The monoisotopic (exact) mass is 355 g/mol. The number of nitrogens with one attached hydrogen (secondary N) is 1. The molecular weight excluding hydrogens is 342 g/mol. The van der Waals surface area contributed by atoms with Gasteiger partial charge < -0.3 is 11.1 Å². The number of hydrogen-bond acceptors (Lipinski definition) is 4. The molecule has 7 heteroatoms. The van der Waals surface area contributed by atoms with Crippen molar-refractivity contribution in [1.82, 2.24) is 0 Å². The predicted octanol–water partition coefficient (Wildman–Crippen LogP) is 2.73. The molecule has 106 valence electrons. The van der Waals surface area contributed by atoms with E-state index in [1.54, 1.807) is 0 Å². The van der Waals surface area contributed by atoms with Crippen LogP contribution in [0.5, 0.6) is 0 Å². The van der Waals surface area contributed by atoms with Crippen LogP contribution < -0.4 is 16.2 Å². The van der Waals surface area contributed by atoms with Gasteiger partial charge in [-0.15, -0.1) is 0 Å². The number of aryl methyl sites for hydroxylation is 1. The van der Waals surface area contributed by atoms with Gasteiger partial charge in [-0.2, -0.15) is 0 Å². The van der Waals surface area contributed by atoms with Gasteiger partial charge >= 0.3 is 0 Å². The maximum absolute atomic E-state index is 11.3. The summed E-state index contributed by atoms with van der Waals surface area (Å²) >= 11 is 3.44. The first-order chi connectivity index (χ1) is 9.27. The molecule has 0 bridgehead atoms. The van der Waals surface area contributed by atoms with Crippen molar-refractivity contribution >= 4 is 43.0 Å². The van der Waals surface area contributed by atoms with Gasteiger partial charge in [0, 0.05) is 10.2 Å². The zero-order chi connectivity index (χ0) is 14.9. The number of rotatable bonds is 3. The van der Waals surface area contributed by atoms with Crippen molar-refractivity contribution in [3.05, 3.63) is 46.4 Å². The standard InChI is InChI=1S/C13H14BrN3O2S/c1-8-2-3-9(6-11(8)14)17-13-7-10(20(16,18)19)4-5-12(13)15/h2-7,17H,15H2,1H3,(H2,16,18,19). The van der Waals surface area contributed by atoms with Gasteiger partial charge in [-0.1, -0.05) is 22.0 Å². The van der Waals surface area contributed by atoms with Gasteiger partial charge in [0.2, 0.25) is 10.0 Å². The second-order valence-corrected chi connectivity index (χ2v) is 6.80. The second kappa shape index (κ2) is 5.43. The smallest absolute Gasteiger partial charge is 0.238 e. The molecule has 0 fully saturated rings. The number of sulfonamides is 1. The molecule has 0 saturated carbocycles. The van der Waals surface area contributed by atoms with Crippen molar-refractivity contribution in [3.8, 4) is 0 Å². The number of nitrogen functional groups attached to an aromatic ring is 1. The minimum atomic E-state index is -3.75. The lowest BCUT2D eigenvalue weighted by Crippen LogP contribution is -2.12. The summed E-state index contributed by atoms with van der Waals surface area (Å²) in [6, 6.07) is 10.00. The van der Waals surface area contributed by atoms with Crippen molar-refractivity contribution < 1.29 is 8.42 Å². The van der Waals surface area contributed by atoms with E-state index in [1.165, 1.54) is 18.2 Å². The summed E-state index contributed by atoms with van der Waals surface area (Å²) in [5, 5.41) is 8.19. The summed E-state index contributed by atoms with van der Waals surface area (Å²) in [7, 11) is -3.75. The van der Waals surface area contributed by atoms with E-state index in [-0.39, 0.29) is 4.90 Å². The number of hydrogen-bond donors (Lipinski definition) is 3. The van der Waals surface area contributed by atoms with Crippen LogP contribution in [0.4, 0.5) is 17.1 Å². The third-order valence-corrected chi connectivity index (χ3v) is 4.57. The van der Waals surface area contributed by atoms with Crippen LogP contribution in [0.25, 0.3) is 0 Å². The van der Waals surface area contributed by atoms with E-state index in [2.05, 4.69) is 21.2 Å². The molecule has 0 unspecified atom stereocenters. The molecule has 0 aliphatic heterocycles. The highest BCUT2D eigenvalue weighted by Gasteiger charge is 2.10. The third kappa shape index (κ3) is 3.30. The van der Waals surface area contributed by atoms with E-state index < -0.39 is 10.0 Å². The Morgan fingerprint density at radius 2 is 1.85 bits per heavy atom. The summed E-state index contributed by atoms with van der Waals surface area (Å²) in [6.45, 7) is 1.98. The largest absolute Gasteiger partial charge is 0.397 e. The molecule has 5 N–H and O–H groups in total. The number of benzene rings is 2. The van der Waals surface area contributed by atoms with Crippen molar-refractivity contribution in [2.75, 3.05) is 11.1 Å². The van der Waals surface area contributed by atoms with Crippen LogP contribution >= 0.6 is 15.9 Å². The minimum Gasteiger partial charge on any atom is -0.397 e. The quantitative estimate of drug-likeness (QED) is 0.737. The van der Waals surface area contributed by atoms with Crippen LogP contribution in [0.3, 0.4) is 0 Å².